The number of aromatic nitrogens is 3. The predicted molar refractivity (Wildman–Crippen MR) is 107 cm³/mol. The lowest BCUT2D eigenvalue weighted by Gasteiger charge is -2.10. The highest BCUT2D eigenvalue weighted by Crippen LogP contribution is 2.20. The second kappa shape index (κ2) is 11.6. The number of unbranched alkanes of at least 4 members (excludes halogenated alkanes) is 3. The van der Waals surface area contributed by atoms with E-state index in [0.29, 0.717) is 38.1 Å². The minimum atomic E-state index is 0.260. The van der Waals surface area contributed by atoms with Crippen LogP contribution in [0.15, 0.2) is 0 Å². The molecule has 3 unspecified atom stereocenters. The van der Waals surface area contributed by atoms with Crippen LogP contribution in [0, 0.1) is 0 Å². The van der Waals surface area contributed by atoms with E-state index >= 15 is 0 Å². The van der Waals surface area contributed by atoms with Gasteiger partial charge in [-0.1, -0.05) is 0 Å². The summed E-state index contributed by atoms with van der Waals surface area (Å²) in [6.45, 7) is 4.36. The average Bonchev–Trinajstić information content (AvgIpc) is 3.60. The van der Waals surface area contributed by atoms with E-state index in [1.54, 1.807) is 0 Å². The molecule has 0 amide bonds. The van der Waals surface area contributed by atoms with Crippen molar-refractivity contribution in [3.63, 3.8) is 0 Å². The predicted octanol–water partition coefficient (Wildman–Crippen LogP) is 2.72. The highest BCUT2D eigenvalue weighted by molar-refractivity contribution is 5.09. The zero-order valence-corrected chi connectivity index (χ0v) is 17.6. The summed E-state index contributed by atoms with van der Waals surface area (Å²) in [6, 6.07) is 0.779. The Morgan fingerprint density at radius 2 is 0.833 bits per heavy atom. The minimum absolute atomic E-state index is 0.260. The normalized spacial score (nSPS) is 23.8. The van der Waals surface area contributed by atoms with Crippen LogP contribution in [-0.4, -0.2) is 72.9 Å². The molecular formula is C21H33N3O6. The Morgan fingerprint density at radius 1 is 0.533 bits per heavy atom. The molecule has 0 saturated carbocycles. The average molecular weight is 424 g/mol. The monoisotopic (exact) mass is 423 g/mol. The van der Waals surface area contributed by atoms with Crippen molar-refractivity contribution < 1.29 is 28.4 Å². The maximum Gasteiger partial charge on any atom is 0.325 e. The van der Waals surface area contributed by atoms with Gasteiger partial charge < -0.3 is 28.4 Å². The van der Waals surface area contributed by atoms with E-state index in [1.165, 1.54) is 0 Å². The first-order chi connectivity index (χ1) is 14.8. The van der Waals surface area contributed by atoms with Crippen LogP contribution in [0.5, 0.6) is 18.0 Å². The molecule has 0 aliphatic carbocycles. The van der Waals surface area contributed by atoms with Crippen molar-refractivity contribution in [2.24, 2.45) is 0 Å². The van der Waals surface area contributed by atoms with E-state index in [1.807, 2.05) is 0 Å². The highest BCUT2D eigenvalue weighted by atomic mass is 16.6. The summed E-state index contributed by atoms with van der Waals surface area (Å²) in [5.74, 6) is 0. The van der Waals surface area contributed by atoms with Crippen molar-refractivity contribution in [2.75, 3.05) is 39.6 Å². The first-order valence-corrected chi connectivity index (χ1v) is 11.3. The van der Waals surface area contributed by atoms with E-state index in [0.717, 1.165) is 77.6 Å². The number of hydrogen-bond donors (Lipinski definition) is 0. The quantitative estimate of drug-likeness (QED) is 0.260. The topological polar surface area (TPSA) is 104 Å². The molecule has 30 heavy (non-hydrogen) atoms. The molecule has 3 aliphatic heterocycles. The zero-order chi connectivity index (χ0) is 20.4. The SMILES string of the molecule is C(CCC1CO1)COc1nc(OCCCCC2CO2)nc(OCCCCC2CO2)n1. The Morgan fingerprint density at radius 3 is 1.10 bits per heavy atom. The largest absolute Gasteiger partial charge is 0.463 e. The molecule has 168 valence electrons. The molecule has 0 spiro atoms. The second-order valence-corrected chi connectivity index (χ2v) is 8.08. The number of epoxide rings is 3. The van der Waals surface area contributed by atoms with Gasteiger partial charge in [-0.3, -0.25) is 0 Å². The minimum Gasteiger partial charge on any atom is -0.463 e. The number of rotatable bonds is 18. The summed E-state index contributed by atoms with van der Waals surface area (Å²) in [7, 11) is 0. The highest BCUT2D eigenvalue weighted by Gasteiger charge is 2.22. The molecular weight excluding hydrogens is 390 g/mol. The Hall–Kier alpha value is -1.71. The van der Waals surface area contributed by atoms with E-state index in [9.17, 15) is 0 Å². The Bertz CT molecular complexity index is 539. The number of ether oxygens (including phenoxy) is 6. The van der Waals surface area contributed by atoms with Crippen LogP contribution in [0.1, 0.15) is 57.8 Å². The van der Waals surface area contributed by atoms with Gasteiger partial charge in [0.05, 0.1) is 58.0 Å². The van der Waals surface area contributed by atoms with Crippen LogP contribution < -0.4 is 14.2 Å². The molecule has 4 heterocycles. The van der Waals surface area contributed by atoms with Gasteiger partial charge in [0.15, 0.2) is 0 Å². The van der Waals surface area contributed by atoms with E-state index in [4.69, 9.17) is 28.4 Å². The van der Waals surface area contributed by atoms with Crippen molar-refractivity contribution in [1.82, 2.24) is 15.0 Å². The first-order valence-electron chi connectivity index (χ1n) is 11.3. The molecule has 9 nitrogen and oxygen atoms in total. The van der Waals surface area contributed by atoms with Gasteiger partial charge in [-0.2, -0.15) is 0 Å². The molecule has 3 aliphatic rings. The van der Waals surface area contributed by atoms with Gasteiger partial charge in [0.25, 0.3) is 0 Å². The fourth-order valence-corrected chi connectivity index (χ4v) is 3.13. The third-order valence-electron chi connectivity index (χ3n) is 5.24. The Labute approximate surface area is 177 Å². The molecule has 3 atom stereocenters. The van der Waals surface area contributed by atoms with Crippen LogP contribution >= 0.6 is 0 Å². The molecule has 3 fully saturated rings. The smallest absolute Gasteiger partial charge is 0.325 e. The van der Waals surface area contributed by atoms with Gasteiger partial charge in [-0.15, -0.1) is 15.0 Å². The molecule has 9 heteroatoms. The maximum atomic E-state index is 5.73. The van der Waals surface area contributed by atoms with Crippen LogP contribution in [0.2, 0.25) is 0 Å². The van der Waals surface area contributed by atoms with Gasteiger partial charge in [-0.05, 0) is 57.8 Å². The number of nitrogens with zero attached hydrogens (tertiary/aromatic N) is 3. The summed E-state index contributed by atoms with van der Waals surface area (Å²) < 4.78 is 32.9. The lowest BCUT2D eigenvalue weighted by Crippen LogP contribution is -2.09. The first kappa shape index (κ1) is 21.5. The maximum absolute atomic E-state index is 5.73. The summed E-state index contributed by atoms with van der Waals surface area (Å²) in [5.41, 5.74) is 0. The zero-order valence-electron chi connectivity index (χ0n) is 17.6. The van der Waals surface area contributed by atoms with Gasteiger partial charge >= 0.3 is 18.0 Å². The van der Waals surface area contributed by atoms with Gasteiger partial charge in [-0.25, -0.2) is 0 Å². The van der Waals surface area contributed by atoms with Crippen molar-refractivity contribution in [1.29, 1.82) is 0 Å². The third kappa shape index (κ3) is 8.97. The summed E-state index contributed by atoms with van der Waals surface area (Å²) in [5, 5.41) is 0. The van der Waals surface area contributed by atoms with Crippen molar-refractivity contribution in [3.05, 3.63) is 0 Å². The molecule has 4 rings (SSSR count). The lowest BCUT2D eigenvalue weighted by atomic mass is 10.2. The molecule has 1 aromatic heterocycles. The van der Waals surface area contributed by atoms with Crippen LogP contribution in [-0.2, 0) is 14.2 Å². The van der Waals surface area contributed by atoms with E-state index < -0.39 is 0 Å². The van der Waals surface area contributed by atoms with Crippen LogP contribution in [0.4, 0.5) is 0 Å². The van der Waals surface area contributed by atoms with Crippen LogP contribution in [0.3, 0.4) is 0 Å². The fraction of sp³-hybridized carbons (Fsp3) is 0.857. The summed E-state index contributed by atoms with van der Waals surface area (Å²) in [4.78, 5) is 12.9. The van der Waals surface area contributed by atoms with Crippen LogP contribution in [0.25, 0.3) is 0 Å². The summed E-state index contributed by atoms with van der Waals surface area (Å²) >= 11 is 0. The molecule has 0 radical (unpaired) electrons. The van der Waals surface area contributed by atoms with E-state index in [2.05, 4.69) is 15.0 Å². The van der Waals surface area contributed by atoms with Crippen molar-refractivity contribution in [3.8, 4) is 18.0 Å². The molecule has 0 bridgehead atoms. The molecule has 0 aromatic carbocycles. The number of hydrogen-bond acceptors (Lipinski definition) is 9. The van der Waals surface area contributed by atoms with Gasteiger partial charge in [0.1, 0.15) is 0 Å². The van der Waals surface area contributed by atoms with E-state index in [-0.39, 0.29) is 18.0 Å². The molecule has 1 aromatic rings. The second-order valence-electron chi connectivity index (χ2n) is 8.08. The van der Waals surface area contributed by atoms with Gasteiger partial charge in [0.2, 0.25) is 0 Å². The molecule has 3 saturated heterocycles. The van der Waals surface area contributed by atoms with Gasteiger partial charge in [0, 0.05) is 0 Å². The fourth-order valence-electron chi connectivity index (χ4n) is 3.13. The Balaban J connectivity index is 1.19. The summed E-state index contributed by atoms with van der Waals surface area (Å²) in [6.07, 6.45) is 10.6. The van der Waals surface area contributed by atoms with Crippen molar-refractivity contribution >= 4 is 0 Å². The standard InChI is InChI=1S/C21H33N3O6/c1(7-16-13-28-16)4-10-25-19-22-20(26-11-5-2-8-17-14-29-17)24-21(23-19)27-12-6-3-9-18-15-30-18/h16-18H,1-15H2. The van der Waals surface area contributed by atoms with Crippen molar-refractivity contribution in [2.45, 2.75) is 76.1 Å². The Kier molecular flexibility index (Phi) is 8.33. The lowest BCUT2D eigenvalue weighted by molar-refractivity contribution is 0.226. The molecule has 0 N–H and O–H groups in total. The third-order valence-corrected chi connectivity index (χ3v) is 5.24.